The molecule has 12 atom stereocenters. The number of benzene rings is 2. The molecular formula is C90H138N14O18S. The number of aryl methyl sites for hydroxylation is 2. The number of primary amides is 1. The smallest absolute Gasteiger partial charge is 0.410 e. The number of carbonyl (C=O) groups is 12. The number of likely N-dealkylation sites (tertiary alicyclic amines) is 1. The first kappa shape index (κ1) is 104. The lowest BCUT2D eigenvalue weighted by atomic mass is 9.88. The fourth-order valence-electron chi connectivity index (χ4n) is 15.3. The van der Waals surface area contributed by atoms with Crippen LogP contribution in [0, 0.1) is 42.4 Å². The largest absolute Gasteiger partial charge is 0.481 e. The number of ketones is 3. The summed E-state index contributed by atoms with van der Waals surface area (Å²) in [4.78, 5) is 171. The average molecular weight is 1740 g/mol. The van der Waals surface area contributed by atoms with E-state index in [1.165, 1.54) is 23.3 Å². The second kappa shape index (κ2) is 54.2. The van der Waals surface area contributed by atoms with Gasteiger partial charge in [0.1, 0.15) is 35.1 Å². The summed E-state index contributed by atoms with van der Waals surface area (Å²) in [6.45, 7) is 23.2. The second-order valence-corrected chi connectivity index (χ2v) is 33.7. The van der Waals surface area contributed by atoms with Gasteiger partial charge in [-0.2, -0.15) is 0 Å². The van der Waals surface area contributed by atoms with E-state index in [4.69, 9.17) is 29.4 Å². The number of aliphatic carboxylic acids is 1. The number of carboxylic acid groups (broad SMARTS) is 1. The van der Waals surface area contributed by atoms with Gasteiger partial charge in [0.2, 0.25) is 35.4 Å². The van der Waals surface area contributed by atoms with Crippen molar-refractivity contribution < 1.29 is 86.3 Å². The molecule has 0 bridgehead atoms. The number of ether oxygens (including phenoxy) is 5. The number of nitrogens with two attached hydrogens (primary N) is 1. The summed E-state index contributed by atoms with van der Waals surface area (Å²) < 4.78 is 30.8. The lowest BCUT2D eigenvalue weighted by molar-refractivity contribution is -0.148. The van der Waals surface area contributed by atoms with E-state index < -0.39 is 78.3 Å². The summed E-state index contributed by atoms with van der Waals surface area (Å²) in [5, 5.41) is 29.0. The van der Waals surface area contributed by atoms with Crippen LogP contribution in [0.3, 0.4) is 0 Å². The molecule has 0 radical (unpaired) electrons. The number of pyridine rings is 1. The third-order valence-electron chi connectivity index (χ3n) is 22.6. The Hall–Kier alpha value is -9.64. The van der Waals surface area contributed by atoms with Gasteiger partial charge in [0, 0.05) is 135 Å². The highest BCUT2D eigenvalue weighted by Gasteiger charge is 2.44. The van der Waals surface area contributed by atoms with Crippen LogP contribution in [-0.4, -0.2) is 241 Å². The Balaban J connectivity index is 0.000000440. The van der Waals surface area contributed by atoms with Crippen LogP contribution in [0.2, 0.25) is 0 Å². The quantitative estimate of drug-likeness (QED) is 0.0133. The number of likely N-dealkylation sites (N-methyl/N-ethyl adjacent to an activating group) is 2. The molecule has 3 aromatic heterocycles. The number of carboxylic acids is 1. The van der Waals surface area contributed by atoms with E-state index in [1.807, 2.05) is 176 Å². The Bertz CT molecular complexity index is 4130. The van der Waals surface area contributed by atoms with Gasteiger partial charge in [-0.3, -0.25) is 58.3 Å². The predicted molar refractivity (Wildman–Crippen MR) is 470 cm³/mol. The molecule has 1 aliphatic heterocycles. The van der Waals surface area contributed by atoms with E-state index in [2.05, 4.69) is 42.0 Å². The SMILES string of the molecule is CCC(=O)[C@H](CCCNC(N)=O)NC(=O)[C@@H](CC(=O)CCOCCOCCCC(=O)[C@H](CCC(=O)O)NC(=O)CCn1c(CN(C)NC)cc2cccnc21)C(C)C.CC[C@H](C)[C@@H]([C@@H](CC(=O)N1CCC[C@H]1[C@H](OC)[C@@H](C)C(=O)N[C@@H](Cc1ccccc1)c1nccs1)OC)N(C)C(=O)[C@@H](NC(=O)[C@H](C(C)C)N(C)C(=O)OCc1ccc(C)cc1)C(C)C. The van der Waals surface area contributed by atoms with Crippen LogP contribution in [0.4, 0.5) is 9.59 Å². The highest BCUT2D eigenvalue weighted by Crippen LogP contribution is 2.32. The van der Waals surface area contributed by atoms with Crippen LogP contribution in [-0.2, 0) is 97.7 Å². The van der Waals surface area contributed by atoms with Crippen molar-refractivity contribution in [3.05, 3.63) is 118 Å². The van der Waals surface area contributed by atoms with Crippen molar-refractivity contribution in [2.75, 3.05) is 81.9 Å². The zero-order valence-corrected chi connectivity index (χ0v) is 76.1. The summed E-state index contributed by atoms with van der Waals surface area (Å²) in [5.41, 5.74) is 12.8. The van der Waals surface area contributed by atoms with Crippen LogP contribution in [0.25, 0.3) is 11.0 Å². The fourth-order valence-corrected chi connectivity index (χ4v) is 16.0. The van der Waals surface area contributed by atoms with Gasteiger partial charge in [0.25, 0.3) is 0 Å². The Morgan fingerprint density at radius 1 is 0.691 bits per heavy atom. The standard InChI is InChI=1S/C50H74N6O8S.C40H64N8O10/c1-13-34(7)44(54(9)49(60)42(31(2)3)53-47(59)43(32(4)5)55(10)50(61)64-30-37-23-21-33(6)22-24-37)40(62-11)29-41(57)56-26-17-20-39(56)45(63-12)35(8)46(58)52-38(48-51-25-27-65-48)28-36-18-15-14-16-19-36;1-6-34(50)32(11-8-18-44-40(41)56)46-39(55)31(27(2)3)25-30(49)16-21-58-23-22-57-20-9-12-35(51)33(13-14-37(53)54)45-36(52)15-19-48-29(26-47(5)42-4)24-28-10-7-17-43-38(28)48/h14-16,18-19,21-25,27,31-32,34-35,38-40,42-45H,13,17,20,26,28-30H2,1-12H3,(H,52,58)(H,53,59);7,10,17,24,27,31-33,42H,6,8-9,11-16,18-23,25-26H2,1-5H3,(H,45,52)(H,46,55)(H,53,54)(H3,41,44,56)/t34-,35+,38-,39-,40+,42-,43-,44-,45+;31-,32-,33-/m00/s1. The number of nitrogens with zero attached hydrogens (tertiary/aromatic N) is 7. The van der Waals surface area contributed by atoms with E-state index in [0.717, 1.165) is 44.8 Å². The number of amides is 9. The van der Waals surface area contributed by atoms with E-state index in [0.29, 0.717) is 58.2 Å². The molecule has 0 unspecified atom stereocenters. The van der Waals surface area contributed by atoms with Crippen molar-refractivity contribution in [3.8, 4) is 0 Å². The lowest BCUT2D eigenvalue weighted by Gasteiger charge is -2.41. The van der Waals surface area contributed by atoms with E-state index >= 15 is 0 Å². The number of aromatic nitrogens is 3. The van der Waals surface area contributed by atoms with Crippen LogP contribution in [0.5, 0.6) is 0 Å². The molecule has 2 aromatic carbocycles. The number of hydrogen-bond donors (Lipinski definition) is 8. The molecule has 5 aromatic rings. The number of hydrazine groups is 1. The average Bonchev–Trinajstić information content (AvgIpc) is 1.50. The monoisotopic (exact) mass is 1740 g/mol. The van der Waals surface area contributed by atoms with Gasteiger partial charge in [0.05, 0.1) is 81.1 Å². The van der Waals surface area contributed by atoms with Gasteiger partial charge >= 0.3 is 18.1 Å². The van der Waals surface area contributed by atoms with E-state index in [-0.39, 0.29) is 174 Å². The Morgan fingerprint density at radius 3 is 1.99 bits per heavy atom. The summed E-state index contributed by atoms with van der Waals surface area (Å²) in [7, 11) is 10.1. The minimum Gasteiger partial charge on any atom is -0.481 e. The Kier molecular flexibility index (Phi) is 45.8. The van der Waals surface area contributed by atoms with Crippen molar-refractivity contribution in [1.29, 1.82) is 0 Å². The van der Waals surface area contributed by atoms with E-state index in [1.54, 1.807) is 45.5 Å². The van der Waals surface area contributed by atoms with Gasteiger partial charge in [-0.15, -0.1) is 11.3 Å². The van der Waals surface area contributed by atoms with Crippen molar-refractivity contribution >= 4 is 93.3 Å². The van der Waals surface area contributed by atoms with Gasteiger partial charge in [-0.1, -0.05) is 136 Å². The van der Waals surface area contributed by atoms with Crippen molar-refractivity contribution in [1.82, 2.24) is 66.3 Å². The van der Waals surface area contributed by atoms with Crippen molar-refractivity contribution in [2.45, 2.75) is 247 Å². The molecule has 0 saturated carbocycles. The maximum absolute atomic E-state index is 14.6. The summed E-state index contributed by atoms with van der Waals surface area (Å²) in [6.07, 6.45) is 5.49. The fraction of sp³-hybridized carbons (Fsp3) is 0.622. The van der Waals surface area contributed by atoms with Crippen LogP contribution in [0.1, 0.15) is 193 Å². The first-order valence-electron chi connectivity index (χ1n) is 43.1. The molecule has 682 valence electrons. The molecule has 32 nitrogen and oxygen atoms in total. The Labute approximate surface area is 730 Å². The lowest BCUT2D eigenvalue weighted by Crippen LogP contribution is -2.60. The van der Waals surface area contributed by atoms with E-state index in [9.17, 15) is 62.6 Å². The minimum atomic E-state index is -1.07. The molecule has 9 amide bonds. The maximum Gasteiger partial charge on any atom is 0.410 e. The number of urea groups is 1. The molecular weight excluding hydrogens is 1600 g/mol. The molecule has 1 aliphatic rings. The number of thiazole rings is 1. The van der Waals surface area contributed by atoms with Gasteiger partial charge in [-0.25, -0.2) is 24.6 Å². The molecule has 9 N–H and O–H groups in total. The van der Waals surface area contributed by atoms with Gasteiger partial charge < -0.3 is 75.5 Å². The molecule has 4 heterocycles. The number of fused-ring (bicyclic) bond motifs is 1. The first-order valence-corrected chi connectivity index (χ1v) is 44.0. The number of methoxy groups -OCH3 is 2. The van der Waals surface area contributed by atoms with Gasteiger partial charge in [0.15, 0.2) is 11.6 Å². The molecule has 1 fully saturated rings. The van der Waals surface area contributed by atoms with Crippen molar-refractivity contribution in [3.63, 3.8) is 0 Å². The number of hydrogen-bond acceptors (Lipinski definition) is 22. The molecule has 1 saturated heterocycles. The topological polar surface area (TPSA) is 413 Å². The molecule has 6 rings (SSSR count). The molecule has 123 heavy (non-hydrogen) atoms. The number of nitrogens with one attached hydrogen (secondary N) is 6. The highest BCUT2D eigenvalue weighted by atomic mass is 32.1. The minimum absolute atomic E-state index is 0.000917. The Morgan fingerprint density at radius 2 is 1.38 bits per heavy atom. The summed E-state index contributed by atoms with van der Waals surface area (Å²) in [5.74, 6) is -5.59. The normalized spacial score (nSPS) is 15.4. The zero-order valence-electron chi connectivity index (χ0n) is 75.3. The molecule has 0 spiro atoms. The summed E-state index contributed by atoms with van der Waals surface area (Å²) >= 11 is 1.49. The van der Waals surface area contributed by atoms with Gasteiger partial charge in [-0.05, 0) is 112 Å². The highest BCUT2D eigenvalue weighted by molar-refractivity contribution is 7.09. The van der Waals surface area contributed by atoms with Crippen LogP contribution in [0.15, 0.2) is 90.6 Å². The first-order chi connectivity index (χ1) is 58.6. The molecule has 33 heteroatoms. The number of rotatable bonds is 55. The molecule has 0 aliphatic carbocycles. The van der Waals surface area contributed by atoms with Crippen LogP contribution < -0.4 is 37.7 Å². The van der Waals surface area contributed by atoms with Crippen LogP contribution >= 0.6 is 11.3 Å². The number of Topliss-reactive ketones (excluding diaryl/α,β-unsaturated/α-hetero) is 3. The number of carbonyl (C=O) groups excluding carboxylic acids is 11. The third kappa shape index (κ3) is 34.1. The van der Waals surface area contributed by atoms with Crippen molar-refractivity contribution in [2.24, 2.45) is 41.2 Å². The third-order valence-corrected chi connectivity index (χ3v) is 23.5. The zero-order chi connectivity index (χ0) is 91.0. The predicted octanol–water partition coefficient (Wildman–Crippen LogP) is 9.46. The maximum atomic E-state index is 14.6. The summed E-state index contributed by atoms with van der Waals surface area (Å²) in [6, 6.07) is 18.0. The second-order valence-electron chi connectivity index (χ2n) is 32.8.